The van der Waals surface area contributed by atoms with Crippen LogP contribution in [-0.4, -0.2) is 5.91 Å². The minimum atomic E-state index is 0.0351. The molecule has 1 aliphatic heterocycles. The van der Waals surface area contributed by atoms with Crippen LogP contribution in [0.15, 0.2) is 24.3 Å². The molecule has 0 bridgehead atoms. The van der Waals surface area contributed by atoms with Gasteiger partial charge in [-0.1, -0.05) is 17.7 Å². The fourth-order valence-electron chi connectivity index (χ4n) is 1.61. The van der Waals surface area contributed by atoms with Gasteiger partial charge in [0.25, 0.3) is 0 Å². The second-order valence-electron chi connectivity index (χ2n) is 3.23. The molecule has 0 fully saturated rings. The number of rotatable bonds is 0. The molecule has 3 heteroatoms. The summed E-state index contributed by atoms with van der Waals surface area (Å²) in [6, 6.07) is 5.49. The Bertz CT molecular complexity index is 423. The molecular weight excluding hydrogens is 198 g/mol. The van der Waals surface area contributed by atoms with E-state index in [1.807, 2.05) is 25.1 Å². The third kappa shape index (κ3) is 1.53. The normalized spacial score (nSPS) is 17.9. The summed E-state index contributed by atoms with van der Waals surface area (Å²) in [5, 5.41) is 3.51. The molecule has 1 aromatic carbocycles. The number of nitrogens with one attached hydrogen (secondary N) is 1. The van der Waals surface area contributed by atoms with Crippen molar-refractivity contribution in [3.63, 3.8) is 0 Å². The summed E-state index contributed by atoms with van der Waals surface area (Å²) >= 11 is 5.90. The van der Waals surface area contributed by atoms with Crippen LogP contribution in [0.4, 0.5) is 5.69 Å². The molecule has 0 unspecified atom stereocenters. The molecule has 0 saturated carbocycles. The zero-order chi connectivity index (χ0) is 10.1. The Labute approximate surface area is 87.6 Å². The zero-order valence-electron chi connectivity index (χ0n) is 7.80. The zero-order valence-corrected chi connectivity index (χ0v) is 8.56. The Morgan fingerprint density at radius 2 is 2.29 bits per heavy atom. The number of hydrogen-bond donors (Lipinski definition) is 1. The Morgan fingerprint density at radius 3 is 3.00 bits per heavy atom. The number of carbonyl (C=O) groups excluding carboxylic acids is 1. The van der Waals surface area contributed by atoms with Crippen LogP contribution in [0.2, 0.25) is 5.02 Å². The van der Waals surface area contributed by atoms with Crippen molar-refractivity contribution in [3.05, 3.63) is 34.9 Å². The van der Waals surface area contributed by atoms with Gasteiger partial charge in [0.15, 0.2) is 0 Å². The molecular formula is C11H10ClNO. The van der Waals surface area contributed by atoms with Crippen LogP contribution in [0, 0.1) is 0 Å². The maximum Gasteiger partial charge on any atom is 0.228 e. The molecule has 0 aromatic heterocycles. The van der Waals surface area contributed by atoms with E-state index < -0.39 is 0 Å². The Hall–Kier alpha value is -1.28. The van der Waals surface area contributed by atoms with Gasteiger partial charge < -0.3 is 5.32 Å². The molecule has 1 aliphatic rings. The van der Waals surface area contributed by atoms with Gasteiger partial charge in [-0.25, -0.2) is 0 Å². The second-order valence-corrected chi connectivity index (χ2v) is 3.67. The van der Waals surface area contributed by atoms with Crippen molar-refractivity contribution in [1.82, 2.24) is 0 Å². The predicted octanol–water partition coefficient (Wildman–Crippen LogP) is 3.09. The van der Waals surface area contributed by atoms with E-state index in [0.29, 0.717) is 11.4 Å². The average molecular weight is 208 g/mol. The smallest absolute Gasteiger partial charge is 0.228 e. The van der Waals surface area contributed by atoms with E-state index in [1.54, 1.807) is 6.07 Å². The largest absolute Gasteiger partial charge is 0.325 e. The van der Waals surface area contributed by atoms with Gasteiger partial charge in [-0.3, -0.25) is 4.79 Å². The van der Waals surface area contributed by atoms with Crippen molar-refractivity contribution in [1.29, 1.82) is 0 Å². The summed E-state index contributed by atoms with van der Waals surface area (Å²) in [6.45, 7) is 1.93. The first kappa shape index (κ1) is 9.28. The highest BCUT2D eigenvalue weighted by Crippen LogP contribution is 2.32. The van der Waals surface area contributed by atoms with Crippen LogP contribution in [0.3, 0.4) is 0 Å². The molecule has 1 N–H and O–H groups in total. The third-order valence-electron chi connectivity index (χ3n) is 2.30. The van der Waals surface area contributed by atoms with Crippen molar-refractivity contribution in [2.45, 2.75) is 13.3 Å². The van der Waals surface area contributed by atoms with Gasteiger partial charge in [0.2, 0.25) is 5.91 Å². The van der Waals surface area contributed by atoms with Crippen molar-refractivity contribution in [3.8, 4) is 0 Å². The van der Waals surface area contributed by atoms with Crippen LogP contribution in [-0.2, 0) is 4.79 Å². The highest BCUT2D eigenvalue weighted by Gasteiger charge is 2.18. The number of benzene rings is 1. The molecule has 1 amide bonds. The van der Waals surface area contributed by atoms with Gasteiger partial charge in [0, 0.05) is 16.3 Å². The van der Waals surface area contributed by atoms with E-state index in [2.05, 4.69) is 5.32 Å². The van der Waals surface area contributed by atoms with Gasteiger partial charge in [0.1, 0.15) is 0 Å². The summed E-state index contributed by atoms with van der Waals surface area (Å²) in [5.41, 5.74) is 2.91. The Kier molecular flexibility index (Phi) is 2.30. The first-order chi connectivity index (χ1) is 6.70. The number of halogens is 1. The maximum atomic E-state index is 11.3. The average Bonchev–Trinajstić information content (AvgIpc) is 2.17. The SMILES string of the molecule is C/C=C1\CC(=O)Nc2ccc(Cl)cc21. The van der Waals surface area contributed by atoms with Crippen molar-refractivity contribution >= 4 is 28.8 Å². The summed E-state index contributed by atoms with van der Waals surface area (Å²) in [6.07, 6.45) is 2.39. The minimum absolute atomic E-state index is 0.0351. The predicted molar refractivity (Wildman–Crippen MR) is 58.3 cm³/mol. The maximum absolute atomic E-state index is 11.3. The van der Waals surface area contributed by atoms with Crippen molar-refractivity contribution in [2.75, 3.05) is 5.32 Å². The number of carbonyl (C=O) groups is 1. The fraction of sp³-hybridized carbons (Fsp3) is 0.182. The number of fused-ring (bicyclic) bond motifs is 1. The highest BCUT2D eigenvalue weighted by molar-refractivity contribution is 6.31. The van der Waals surface area contributed by atoms with E-state index in [0.717, 1.165) is 16.8 Å². The van der Waals surface area contributed by atoms with Gasteiger partial charge >= 0.3 is 0 Å². The molecule has 2 rings (SSSR count). The molecule has 1 heterocycles. The van der Waals surface area contributed by atoms with Crippen molar-refractivity contribution in [2.24, 2.45) is 0 Å². The summed E-state index contributed by atoms with van der Waals surface area (Å²) in [4.78, 5) is 11.3. The lowest BCUT2D eigenvalue weighted by Gasteiger charge is -2.19. The van der Waals surface area contributed by atoms with Crippen LogP contribution >= 0.6 is 11.6 Å². The van der Waals surface area contributed by atoms with E-state index in [4.69, 9.17) is 11.6 Å². The fourth-order valence-corrected chi connectivity index (χ4v) is 1.78. The lowest BCUT2D eigenvalue weighted by atomic mass is 9.97. The minimum Gasteiger partial charge on any atom is -0.325 e. The van der Waals surface area contributed by atoms with E-state index in [-0.39, 0.29) is 5.91 Å². The molecule has 2 nitrogen and oxygen atoms in total. The quantitative estimate of drug-likeness (QED) is 0.696. The standard InChI is InChI=1S/C11H10ClNO/c1-2-7-5-11(14)13-10-4-3-8(12)6-9(7)10/h2-4,6H,5H2,1H3,(H,13,14)/b7-2+. The molecule has 0 spiro atoms. The molecule has 0 aliphatic carbocycles. The summed E-state index contributed by atoms with van der Waals surface area (Å²) in [5.74, 6) is 0.0351. The molecule has 1 aromatic rings. The van der Waals surface area contributed by atoms with Gasteiger partial charge in [-0.2, -0.15) is 0 Å². The lowest BCUT2D eigenvalue weighted by molar-refractivity contribution is -0.115. The molecule has 14 heavy (non-hydrogen) atoms. The second kappa shape index (κ2) is 3.46. The van der Waals surface area contributed by atoms with Gasteiger partial charge in [0.05, 0.1) is 6.42 Å². The molecule has 72 valence electrons. The molecule has 0 atom stereocenters. The molecule has 0 radical (unpaired) electrons. The van der Waals surface area contributed by atoms with Gasteiger partial charge in [-0.15, -0.1) is 0 Å². The van der Waals surface area contributed by atoms with Gasteiger partial charge in [-0.05, 0) is 30.7 Å². The van der Waals surface area contributed by atoms with E-state index in [1.165, 1.54) is 0 Å². The van der Waals surface area contributed by atoms with E-state index >= 15 is 0 Å². The number of amides is 1. The van der Waals surface area contributed by atoms with Crippen LogP contribution in [0.25, 0.3) is 5.57 Å². The van der Waals surface area contributed by atoms with Crippen molar-refractivity contribution < 1.29 is 4.79 Å². The number of hydrogen-bond acceptors (Lipinski definition) is 1. The lowest BCUT2D eigenvalue weighted by Crippen LogP contribution is -2.18. The third-order valence-corrected chi connectivity index (χ3v) is 2.54. The van der Waals surface area contributed by atoms with Crippen LogP contribution in [0.1, 0.15) is 18.9 Å². The first-order valence-corrected chi connectivity index (χ1v) is 4.83. The Balaban J connectivity index is 2.57. The van der Waals surface area contributed by atoms with E-state index in [9.17, 15) is 4.79 Å². The highest BCUT2D eigenvalue weighted by atomic mass is 35.5. The topological polar surface area (TPSA) is 29.1 Å². The monoisotopic (exact) mass is 207 g/mol. The summed E-state index contributed by atoms with van der Waals surface area (Å²) < 4.78 is 0. The number of anilines is 1. The first-order valence-electron chi connectivity index (χ1n) is 4.45. The number of allylic oxidation sites excluding steroid dienone is 1. The Morgan fingerprint density at radius 1 is 1.50 bits per heavy atom. The summed E-state index contributed by atoms with van der Waals surface area (Å²) in [7, 11) is 0. The van der Waals surface area contributed by atoms with Crippen LogP contribution in [0.5, 0.6) is 0 Å². The van der Waals surface area contributed by atoms with Crippen LogP contribution < -0.4 is 5.32 Å². The molecule has 0 saturated heterocycles.